The lowest BCUT2D eigenvalue weighted by molar-refractivity contribution is -0.186. The van der Waals surface area contributed by atoms with Crippen molar-refractivity contribution >= 4 is 17.9 Å². The van der Waals surface area contributed by atoms with Gasteiger partial charge in [-0.25, -0.2) is 9.59 Å². The first-order valence-corrected chi connectivity index (χ1v) is 10.2. The van der Waals surface area contributed by atoms with E-state index in [0.717, 1.165) is 0 Å². The van der Waals surface area contributed by atoms with Gasteiger partial charge in [0.15, 0.2) is 5.60 Å². The molecule has 0 bridgehead atoms. The molecule has 0 amide bonds. The highest BCUT2D eigenvalue weighted by atomic mass is 16.5. The zero-order valence-electron chi connectivity index (χ0n) is 18.4. The number of rotatable bonds is 6. The van der Waals surface area contributed by atoms with Gasteiger partial charge in [0.05, 0.1) is 25.7 Å². The van der Waals surface area contributed by atoms with Crippen molar-refractivity contribution in [2.75, 3.05) is 7.11 Å². The fourth-order valence-corrected chi connectivity index (χ4v) is 5.27. The second kappa shape index (κ2) is 8.22. The summed E-state index contributed by atoms with van der Waals surface area (Å²) in [5, 5.41) is 32.0. The predicted octanol–water partition coefficient (Wildman–Crippen LogP) is 2.15. The van der Waals surface area contributed by atoms with Crippen LogP contribution in [0.25, 0.3) is 0 Å². The number of carboxylic acids is 1. The quantitative estimate of drug-likeness (QED) is 0.440. The molecule has 1 aromatic rings. The van der Waals surface area contributed by atoms with Crippen molar-refractivity contribution in [3.05, 3.63) is 48.0 Å². The van der Waals surface area contributed by atoms with Crippen LogP contribution in [0.5, 0.6) is 0 Å². The maximum absolute atomic E-state index is 12.5. The molecular weight excluding hydrogens is 420 g/mol. The molecule has 1 aromatic heterocycles. The number of hydrogen-bond donors (Lipinski definition) is 3. The van der Waals surface area contributed by atoms with E-state index in [1.807, 2.05) is 0 Å². The second-order valence-electron chi connectivity index (χ2n) is 8.89. The topological polar surface area (TPSA) is 144 Å². The molecule has 9 nitrogen and oxygen atoms in total. The Bertz CT molecular complexity index is 962. The smallest absolute Gasteiger partial charge is 0.340 e. The maximum Gasteiger partial charge on any atom is 0.340 e. The molecule has 2 aliphatic carbocycles. The minimum Gasteiger partial charge on any atom is -0.479 e. The molecule has 1 unspecified atom stereocenters. The van der Waals surface area contributed by atoms with Crippen LogP contribution in [0.3, 0.4) is 0 Å². The molecule has 0 radical (unpaired) electrons. The van der Waals surface area contributed by atoms with Crippen molar-refractivity contribution in [2.24, 2.45) is 16.7 Å². The molecule has 3 rings (SSSR count). The molecule has 0 aliphatic heterocycles. The summed E-state index contributed by atoms with van der Waals surface area (Å²) < 4.78 is 15.5. The summed E-state index contributed by atoms with van der Waals surface area (Å²) in [5.74, 6) is -3.46. The van der Waals surface area contributed by atoms with Gasteiger partial charge in [0.2, 0.25) is 0 Å². The zero-order chi connectivity index (χ0) is 23.9. The molecule has 2 aliphatic rings. The lowest BCUT2D eigenvalue weighted by atomic mass is 9.47. The number of carbonyl (C=O) groups excluding carboxylic acids is 2. The number of fused-ring (bicyclic) bond motifs is 1. The van der Waals surface area contributed by atoms with Gasteiger partial charge in [-0.3, -0.25) is 4.79 Å². The number of furan rings is 1. The summed E-state index contributed by atoms with van der Waals surface area (Å²) in [5.41, 5.74) is -4.22. The Morgan fingerprint density at radius 1 is 1.28 bits per heavy atom. The zero-order valence-corrected chi connectivity index (χ0v) is 18.4. The number of allylic oxidation sites excluding steroid dienone is 1. The van der Waals surface area contributed by atoms with Gasteiger partial charge in [-0.05, 0) is 37.0 Å². The molecule has 174 valence electrons. The van der Waals surface area contributed by atoms with Crippen LogP contribution in [-0.4, -0.2) is 52.0 Å². The highest BCUT2D eigenvalue weighted by molar-refractivity contribution is 5.91. The number of aliphatic carboxylic acids is 1. The maximum atomic E-state index is 12.5. The molecule has 1 heterocycles. The molecule has 0 aromatic carbocycles. The van der Waals surface area contributed by atoms with Crippen LogP contribution < -0.4 is 0 Å². The standard InChI is InChI=1S/C23H28O9/c1-13(24)32-17(14-5-8-31-12-14)11-22(3)18-10-15(25)9-16(19(26)30-4)21(18,2)6-7-23(22,29)20(27)28/h5-9,12,15,17-18,25,29H,10-11H2,1-4H3,(H,27,28)/t15-,17?,18-,21-,22-,23-/m0/s1. The first kappa shape index (κ1) is 23.7. The van der Waals surface area contributed by atoms with Crippen molar-refractivity contribution < 1.29 is 43.6 Å². The molecular formula is C23H28O9. The van der Waals surface area contributed by atoms with Crippen LogP contribution in [0.1, 0.15) is 45.3 Å². The number of aliphatic hydroxyl groups is 2. The summed E-state index contributed by atoms with van der Waals surface area (Å²) in [6, 6.07) is 1.59. The number of ether oxygens (including phenoxy) is 2. The Labute approximate surface area is 185 Å². The Morgan fingerprint density at radius 3 is 2.50 bits per heavy atom. The van der Waals surface area contributed by atoms with E-state index in [-0.39, 0.29) is 18.4 Å². The van der Waals surface area contributed by atoms with Gasteiger partial charge in [0.1, 0.15) is 6.10 Å². The van der Waals surface area contributed by atoms with Gasteiger partial charge in [-0.2, -0.15) is 0 Å². The SMILES string of the molecule is COC(=O)C1=C[C@H](O)C[C@H]2[C@@]1(C)C=C[C@](O)(C(=O)O)[C@@]2(C)CC(OC(C)=O)c1ccoc1. The minimum absolute atomic E-state index is 0.0750. The monoisotopic (exact) mass is 448 g/mol. The van der Waals surface area contributed by atoms with Crippen molar-refractivity contribution in [1.82, 2.24) is 0 Å². The number of carboxylic acid groups (broad SMARTS) is 1. The van der Waals surface area contributed by atoms with Crippen molar-refractivity contribution in [3.8, 4) is 0 Å². The highest BCUT2D eigenvalue weighted by Crippen LogP contribution is 2.61. The summed E-state index contributed by atoms with van der Waals surface area (Å²) in [7, 11) is 1.22. The van der Waals surface area contributed by atoms with Crippen LogP contribution >= 0.6 is 0 Å². The molecule has 0 spiro atoms. The Balaban J connectivity index is 2.19. The molecule has 6 atom stereocenters. The Hall–Kier alpha value is -2.91. The molecule has 9 heteroatoms. The van der Waals surface area contributed by atoms with Gasteiger partial charge in [0, 0.05) is 28.9 Å². The van der Waals surface area contributed by atoms with Gasteiger partial charge < -0.3 is 29.2 Å². The fourth-order valence-electron chi connectivity index (χ4n) is 5.27. The number of esters is 2. The number of carbonyl (C=O) groups is 3. The average molecular weight is 448 g/mol. The first-order chi connectivity index (χ1) is 14.9. The van der Waals surface area contributed by atoms with E-state index in [0.29, 0.717) is 5.56 Å². The third-order valence-corrected chi connectivity index (χ3v) is 7.02. The summed E-state index contributed by atoms with van der Waals surface area (Å²) in [4.78, 5) is 36.7. The van der Waals surface area contributed by atoms with Crippen LogP contribution in [-0.2, 0) is 23.9 Å². The number of methoxy groups -OCH3 is 1. The molecule has 3 N–H and O–H groups in total. The molecule has 0 saturated heterocycles. The van der Waals surface area contributed by atoms with Gasteiger partial charge >= 0.3 is 17.9 Å². The third-order valence-electron chi connectivity index (χ3n) is 7.02. The average Bonchev–Trinajstić information content (AvgIpc) is 3.26. The lowest BCUT2D eigenvalue weighted by Gasteiger charge is -2.57. The molecule has 32 heavy (non-hydrogen) atoms. The minimum atomic E-state index is -2.36. The van der Waals surface area contributed by atoms with E-state index in [9.17, 15) is 29.7 Å². The lowest BCUT2D eigenvalue weighted by Crippen LogP contribution is -2.63. The van der Waals surface area contributed by atoms with Crippen LogP contribution in [0.4, 0.5) is 0 Å². The van der Waals surface area contributed by atoms with Gasteiger partial charge in [-0.1, -0.05) is 19.9 Å². The van der Waals surface area contributed by atoms with Crippen molar-refractivity contribution in [2.45, 2.75) is 51.4 Å². The fraction of sp³-hybridized carbons (Fsp3) is 0.522. The normalized spacial score (nSPS) is 34.8. The van der Waals surface area contributed by atoms with E-state index in [1.54, 1.807) is 19.9 Å². The summed E-state index contributed by atoms with van der Waals surface area (Å²) in [6.45, 7) is 4.53. The van der Waals surface area contributed by atoms with E-state index in [4.69, 9.17) is 13.9 Å². The number of hydrogen-bond acceptors (Lipinski definition) is 8. The third kappa shape index (κ3) is 3.65. The van der Waals surface area contributed by atoms with Crippen molar-refractivity contribution in [3.63, 3.8) is 0 Å². The van der Waals surface area contributed by atoms with Gasteiger partial charge in [-0.15, -0.1) is 0 Å². The van der Waals surface area contributed by atoms with Crippen LogP contribution in [0.2, 0.25) is 0 Å². The Kier molecular flexibility index (Phi) is 6.10. The van der Waals surface area contributed by atoms with E-state index in [1.165, 1.54) is 44.8 Å². The first-order valence-electron chi connectivity index (χ1n) is 10.2. The summed E-state index contributed by atoms with van der Waals surface area (Å²) >= 11 is 0. The second-order valence-corrected chi connectivity index (χ2v) is 8.89. The Morgan fingerprint density at radius 2 is 1.97 bits per heavy atom. The summed E-state index contributed by atoms with van der Waals surface area (Å²) in [6.07, 6.45) is 4.80. The predicted molar refractivity (Wildman–Crippen MR) is 110 cm³/mol. The van der Waals surface area contributed by atoms with Crippen LogP contribution in [0.15, 0.2) is 46.8 Å². The van der Waals surface area contributed by atoms with Gasteiger partial charge in [0.25, 0.3) is 0 Å². The van der Waals surface area contributed by atoms with Crippen LogP contribution in [0, 0.1) is 16.7 Å². The molecule has 0 saturated carbocycles. The van der Waals surface area contributed by atoms with E-state index >= 15 is 0 Å². The highest BCUT2D eigenvalue weighted by Gasteiger charge is 2.65. The number of aliphatic hydroxyl groups excluding tert-OH is 1. The van der Waals surface area contributed by atoms with E-state index < -0.39 is 52.5 Å². The van der Waals surface area contributed by atoms with E-state index in [2.05, 4.69) is 0 Å². The largest absolute Gasteiger partial charge is 0.479 e. The van der Waals surface area contributed by atoms with Crippen molar-refractivity contribution in [1.29, 1.82) is 0 Å². The molecule has 0 fully saturated rings.